The summed E-state index contributed by atoms with van der Waals surface area (Å²) in [6.07, 6.45) is -4.74. The van der Waals surface area contributed by atoms with E-state index >= 15 is 0 Å². The molecular weight excluding hydrogens is 513 g/mol. The molecule has 0 saturated heterocycles. The first-order valence-corrected chi connectivity index (χ1v) is 10.3. The molecular formula is C22H13BrClF3N2O3. The average molecular weight is 526 g/mol. The third-order valence-corrected chi connectivity index (χ3v) is 5.78. The Morgan fingerprint density at radius 3 is 2.59 bits per heavy atom. The van der Waals surface area contributed by atoms with Crippen molar-refractivity contribution in [3.8, 4) is 5.75 Å². The molecule has 3 aromatic carbocycles. The van der Waals surface area contributed by atoms with E-state index in [1.807, 2.05) is 0 Å². The van der Waals surface area contributed by atoms with E-state index in [-0.39, 0.29) is 17.2 Å². The molecule has 0 bridgehead atoms. The number of anilines is 1. The fourth-order valence-electron chi connectivity index (χ4n) is 3.53. The fraction of sp³-hybridized carbons (Fsp3) is 0.0909. The molecule has 1 aliphatic rings. The third kappa shape index (κ3) is 4.18. The van der Waals surface area contributed by atoms with Crippen molar-refractivity contribution in [3.05, 3.63) is 91.9 Å². The summed E-state index contributed by atoms with van der Waals surface area (Å²) in [4.78, 5) is 25.3. The van der Waals surface area contributed by atoms with Crippen LogP contribution >= 0.6 is 27.5 Å². The number of phenolic OH excluding ortho intramolecular Hbond substituents is 1. The van der Waals surface area contributed by atoms with Gasteiger partial charge in [0.05, 0.1) is 11.6 Å². The van der Waals surface area contributed by atoms with Crippen molar-refractivity contribution in [2.75, 3.05) is 5.32 Å². The fourth-order valence-corrected chi connectivity index (χ4v) is 4.14. The highest BCUT2D eigenvalue weighted by Gasteiger charge is 2.35. The number of alkyl halides is 3. The van der Waals surface area contributed by atoms with Crippen LogP contribution in [-0.4, -0.2) is 16.9 Å². The summed E-state index contributed by atoms with van der Waals surface area (Å²) < 4.78 is 39.9. The Bertz CT molecular complexity index is 1260. The van der Waals surface area contributed by atoms with Crippen LogP contribution in [0.25, 0.3) is 0 Å². The number of fused-ring (bicyclic) bond motifs is 1. The van der Waals surface area contributed by atoms with Crippen LogP contribution < -0.4 is 10.6 Å². The van der Waals surface area contributed by atoms with Crippen LogP contribution in [0.5, 0.6) is 5.75 Å². The summed E-state index contributed by atoms with van der Waals surface area (Å²) in [5.74, 6) is -1.95. The van der Waals surface area contributed by atoms with Crippen LogP contribution in [0.3, 0.4) is 0 Å². The highest BCUT2D eigenvalue weighted by atomic mass is 79.9. The first kappa shape index (κ1) is 22.2. The van der Waals surface area contributed by atoms with Crippen molar-refractivity contribution in [2.24, 2.45) is 0 Å². The molecule has 1 unspecified atom stereocenters. The zero-order valence-electron chi connectivity index (χ0n) is 15.9. The predicted octanol–water partition coefficient (Wildman–Crippen LogP) is 5.91. The van der Waals surface area contributed by atoms with E-state index in [0.717, 1.165) is 10.5 Å². The zero-order chi connectivity index (χ0) is 23.2. The van der Waals surface area contributed by atoms with Crippen molar-refractivity contribution in [1.29, 1.82) is 0 Å². The minimum Gasteiger partial charge on any atom is -0.508 e. The van der Waals surface area contributed by atoms with E-state index in [0.29, 0.717) is 33.8 Å². The lowest BCUT2D eigenvalue weighted by Crippen LogP contribution is -2.21. The van der Waals surface area contributed by atoms with Gasteiger partial charge in [0.1, 0.15) is 5.75 Å². The van der Waals surface area contributed by atoms with Crippen molar-refractivity contribution in [3.63, 3.8) is 0 Å². The van der Waals surface area contributed by atoms with Crippen LogP contribution in [-0.2, 0) is 6.18 Å². The van der Waals surface area contributed by atoms with Gasteiger partial charge in [-0.3, -0.25) is 9.59 Å². The monoisotopic (exact) mass is 524 g/mol. The van der Waals surface area contributed by atoms with Gasteiger partial charge in [-0.15, -0.1) is 0 Å². The molecule has 5 nitrogen and oxygen atoms in total. The molecule has 32 heavy (non-hydrogen) atoms. The Kier molecular flexibility index (Phi) is 5.64. The maximum absolute atomic E-state index is 13.1. The Morgan fingerprint density at radius 2 is 1.88 bits per heavy atom. The highest BCUT2D eigenvalue weighted by molar-refractivity contribution is 9.10. The number of carbonyl (C=O) groups is 2. The van der Waals surface area contributed by atoms with Gasteiger partial charge in [-0.1, -0.05) is 33.6 Å². The Morgan fingerprint density at radius 1 is 1.12 bits per heavy atom. The largest absolute Gasteiger partial charge is 0.508 e. The number of amides is 2. The second-order valence-corrected chi connectivity index (χ2v) is 8.38. The third-order valence-electron chi connectivity index (χ3n) is 4.94. The second-order valence-electron chi connectivity index (χ2n) is 7.06. The van der Waals surface area contributed by atoms with E-state index in [1.54, 1.807) is 30.3 Å². The summed E-state index contributed by atoms with van der Waals surface area (Å²) in [6.45, 7) is 0. The number of hydrogen-bond acceptors (Lipinski definition) is 3. The van der Waals surface area contributed by atoms with E-state index in [9.17, 15) is 27.9 Å². The van der Waals surface area contributed by atoms with Crippen molar-refractivity contribution in [1.82, 2.24) is 5.32 Å². The molecule has 0 aromatic heterocycles. The molecule has 0 saturated carbocycles. The number of nitrogens with one attached hydrogen (secondary N) is 2. The topological polar surface area (TPSA) is 78.4 Å². The SMILES string of the molecule is O=C(Nc1cccc2c1C(c1cc(Br)ccc1Cl)NC2=O)c1cc(O)cc(C(F)(F)F)c1. The van der Waals surface area contributed by atoms with Gasteiger partial charge in [0.2, 0.25) is 0 Å². The quantitative estimate of drug-likeness (QED) is 0.398. The summed E-state index contributed by atoms with van der Waals surface area (Å²) in [5.41, 5.74) is -0.00560. The van der Waals surface area contributed by atoms with Gasteiger partial charge in [0.25, 0.3) is 11.8 Å². The lowest BCUT2D eigenvalue weighted by molar-refractivity contribution is -0.137. The minimum absolute atomic E-state index is 0.226. The molecule has 0 radical (unpaired) electrons. The Balaban J connectivity index is 1.75. The molecule has 3 N–H and O–H groups in total. The molecule has 1 atom stereocenters. The van der Waals surface area contributed by atoms with Gasteiger partial charge >= 0.3 is 6.18 Å². The van der Waals surface area contributed by atoms with E-state index in [1.165, 1.54) is 6.07 Å². The van der Waals surface area contributed by atoms with Gasteiger partial charge in [-0.05, 0) is 54.1 Å². The van der Waals surface area contributed by atoms with Crippen LogP contribution in [0.1, 0.15) is 43.4 Å². The molecule has 1 aliphatic heterocycles. The first-order valence-electron chi connectivity index (χ1n) is 9.16. The van der Waals surface area contributed by atoms with Gasteiger partial charge in [0.15, 0.2) is 0 Å². The molecule has 0 aliphatic carbocycles. The van der Waals surface area contributed by atoms with E-state index < -0.39 is 29.4 Å². The average Bonchev–Trinajstić information content (AvgIpc) is 3.06. The summed E-state index contributed by atoms with van der Waals surface area (Å²) >= 11 is 9.69. The molecule has 1 heterocycles. The Hall–Kier alpha value is -3.04. The molecule has 2 amide bonds. The normalized spacial score (nSPS) is 15.3. The van der Waals surface area contributed by atoms with Gasteiger partial charge in [0, 0.05) is 31.9 Å². The molecule has 3 aromatic rings. The smallest absolute Gasteiger partial charge is 0.416 e. The Labute approximate surface area is 193 Å². The lowest BCUT2D eigenvalue weighted by Gasteiger charge is -2.18. The molecule has 0 spiro atoms. The van der Waals surface area contributed by atoms with Crippen molar-refractivity contribution >= 4 is 45.0 Å². The van der Waals surface area contributed by atoms with Crippen molar-refractivity contribution < 1.29 is 27.9 Å². The van der Waals surface area contributed by atoms with Crippen LogP contribution in [0.4, 0.5) is 18.9 Å². The van der Waals surface area contributed by atoms with Gasteiger partial charge in [-0.2, -0.15) is 13.2 Å². The van der Waals surface area contributed by atoms with Crippen LogP contribution in [0.15, 0.2) is 59.1 Å². The zero-order valence-corrected chi connectivity index (χ0v) is 18.3. The maximum Gasteiger partial charge on any atom is 0.416 e. The summed E-state index contributed by atoms with van der Waals surface area (Å²) in [7, 11) is 0. The number of carbonyl (C=O) groups excluding carboxylic acids is 2. The standard InChI is InChI=1S/C22H13BrClF3N2O3/c23-12-4-5-16(24)15(9-12)19-18-14(21(32)29-19)2-1-3-17(18)28-20(31)10-6-11(22(25,26)27)8-13(30)7-10/h1-9,19,30H,(H,28,31)(H,29,32). The summed E-state index contributed by atoms with van der Waals surface area (Å²) in [5, 5.41) is 15.4. The van der Waals surface area contributed by atoms with Crippen LogP contribution in [0.2, 0.25) is 5.02 Å². The number of phenols is 1. The second kappa shape index (κ2) is 8.14. The van der Waals surface area contributed by atoms with Crippen molar-refractivity contribution in [2.45, 2.75) is 12.2 Å². The minimum atomic E-state index is -4.74. The number of halogens is 5. The molecule has 4 rings (SSSR count). The van der Waals surface area contributed by atoms with E-state index in [2.05, 4.69) is 26.6 Å². The van der Waals surface area contributed by atoms with Gasteiger partial charge in [-0.25, -0.2) is 0 Å². The molecule has 164 valence electrons. The van der Waals surface area contributed by atoms with Crippen LogP contribution in [0, 0.1) is 0 Å². The number of benzene rings is 3. The lowest BCUT2D eigenvalue weighted by atomic mass is 9.96. The predicted molar refractivity (Wildman–Crippen MR) is 116 cm³/mol. The number of aromatic hydroxyl groups is 1. The highest BCUT2D eigenvalue weighted by Crippen LogP contribution is 2.40. The molecule has 0 fully saturated rings. The number of hydrogen-bond donors (Lipinski definition) is 3. The maximum atomic E-state index is 13.1. The first-order chi connectivity index (χ1) is 15.0. The van der Waals surface area contributed by atoms with Gasteiger partial charge < -0.3 is 15.7 Å². The molecule has 10 heteroatoms. The number of rotatable bonds is 3. The van der Waals surface area contributed by atoms with E-state index in [4.69, 9.17) is 11.6 Å². The summed E-state index contributed by atoms with van der Waals surface area (Å²) in [6, 6.07) is 11.2.